The molecule has 1 aliphatic rings. The van der Waals surface area contributed by atoms with Crippen LogP contribution in [0.3, 0.4) is 0 Å². The van der Waals surface area contributed by atoms with Crippen LogP contribution in [0.25, 0.3) is 0 Å². The molecule has 1 unspecified atom stereocenters. The van der Waals surface area contributed by atoms with Crippen LogP contribution in [0.1, 0.15) is 15.9 Å². The van der Waals surface area contributed by atoms with E-state index in [9.17, 15) is 4.79 Å². The first kappa shape index (κ1) is 19.3. The first-order valence-electron chi connectivity index (χ1n) is 8.53. The van der Waals surface area contributed by atoms with E-state index in [2.05, 4.69) is 0 Å². The summed E-state index contributed by atoms with van der Waals surface area (Å²) in [4.78, 5) is 13.9. The van der Waals surface area contributed by atoms with Crippen molar-refractivity contribution in [3.63, 3.8) is 0 Å². The molecule has 2 aromatic carbocycles. The van der Waals surface area contributed by atoms with Gasteiger partial charge in [0.15, 0.2) is 0 Å². The zero-order chi connectivity index (χ0) is 19.4. The Morgan fingerprint density at radius 2 is 1.89 bits per heavy atom. The highest BCUT2D eigenvalue weighted by Crippen LogP contribution is 2.34. The number of epoxide rings is 1. The van der Waals surface area contributed by atoms with Gasteiger partial charge in [0.2, 0.25) is 0 Å². The van der Waals surface area contributed by atoms with Gasteiger partial charge in [0.25, 0.3) is 5.91 Å². The molecule has 27 heavy (non-hydrogen) atoms. The molecule has 0 radical (unpaired) electrons. The zero-order valence-electron chi connectivity index (χ0n) is 15.5. The molecule has 1 aliphatic heterocycles. The quantitative estimate of drug-likeness (QED) is 0.645. The Morgan fingerprint density at radius 3 is 2.48 bits per heavy atom. The topological polar surface area (TPSA) is 60.5 Å². The number of benzene rings is 2. The van der Waals surface area contributed by atoms with Crippen LogP contribution in [-0.2, 0) is 11.3 Å². The van der Waals surface area contributed by atoms with Crippen molar-refractivity contribution in [3.8, 4) is 17.2 Å². The van der Waals surface area contributed by atoms with E-state index >= 15 is 0 Å². The van der Waals surface area contributed by atoms with E-state index in [0.717, 1.165) is 11.3 Å². The number of ether oxygens (including phenoxy) is 4. The number of rotatable bonds is 8. The Morgan fingerprint density at radius 1 is 1.19 bits per heavy atom. The van der Waals surface area contributed by atoms with Crippen LogP contribution < -0.4 is 14.2 Å². The second kappa shape index (κ2) is 8.50. The third kappa shape index (κ3) is 5.05. The average molecular weight is 392 g/mol. The lowest BCUT2D eigenvalue weighted by molar-refractivity contribution is 0.0822. The van der Waals surface area contributed by atoms with Gasteiger partial charge < -0.3 is 23.8 Å². The van der Waals surface area contributed by atoms with E-state index in [4.69, 9.17) is 30.5 Å². The van der Waals surface area contributed by atoms with Crippen molar-refractivity contribution in [3.05, 3.63) is 52.5 Å². The van der Waals surface area contributed by atoms with Gasteiger partial charge in [-0.1, -0.05) is 23.7 Å². The number of methoxy groups -OCH3 is 1. The van der Waals surface area contributed by atoms with Crippen molar-refractivity contribution >= 4 is 17.5 Å². The maximum absolute atomic E-state index is 12.4. The van der Waals surface area contributed by atoms with E-state index in [1.807, 2.05) is 24.3 Å². The van der Waals surface area contributed by atoms with Gasteiger partial charge in [0, 0.05) is 20.2 Å². The highest BCUT2D eigenvalue weighted by Gasteiger charge is 2.25. The minimum Gasteiger partial charge on any atom is -0.497 e. The molecule has 1 amide bonds. The number of carbonyl (C=O) groups is 1. The predicted molar refractivity (Wildman–Crippen MR) is 102 cm³/mol. The monoisotopic (exact) mass is 391 g/mol. The molecule has 144 valence electrons. The summed E-state index contributed by atoms with van der Waals surface area (Å²) >= 11 is 6.34. The van der Waals surface area contributed by atoms with Crippen molar-refractivity contribution < 1.29 is 23.7 Å². The van der Waals surface area contributed by atoms with Gasteiger partial charge in [-0.3, -0.25) is 4.79 Å². The SMILES string of the molecule is COc1ccc(COc2cc(OCC3CO3)c(C(=O)N(C)C)cc2Cl)cc1. The normalized spacial score (nSPS) is 15.2. The fourth-order valence-electron chi connectivity index (χ4n) is 2.40. The molecule has 6 nitrogen and oxygen atoms in total. The summed E-state index contributed by atoms with van der Waals surface area (Å²) in [5.74, 6) is 1.47. The maximum Gasteiger partial charge on any atom is 0.257 e. The molecule has 0 spiro atoms. The van der Waals surface area contributed by atoms with Crippen LogP contribution in [0.2, 0.25) is 5.02 Å². The standard InChI is InChI=1S/C20H22ClNO5/c1-22(2)20(23)16-8-17(21)19(9-18(16)27-12-15-11-25-15)26-10-13-4-6-14(24-3)7-5-13/h4-9,15H,10-12H2,1-3H3. The molecule has 0 aromatic heterocycles. The molecule has 0 N–H and O–H groups in total. The van der Waals surface area contributed by atoms with E-state index in [0.29, 0.717) is 41.9 Å². The van der Waals surface area contributed by atoms with E-state index in [1.54, 1.807) is 33.3 Å². The molecule has 1 fully saturated rings. The lowest BCUT2D eigenvalue weighted by Gasteiger charge is -2.17. The summed E-state index contributed by atoms with van der Waals surface area (Å²) in [5, 5.41) is 0.351. The minimum atomic E-state index is -0.190. The summed E-state index contributed by atoms with van der Waals surface area (Å²) in [6.07, 6.45) is 0.0756. The summed E-state index contributed by atoms with van der Waals surface area (Å²) in [6, 6.07) is 10.8. The maximum atomic E-state index is 12.4. The van der Waals surface area contributed by atoms with Crippen molar-refractivity contribution in [2.75, 3.05) is 34.4 Å². The molecule has 1 saturated heterocycles. The fourth-order valence-corrected chi connectivity index (χ4v) is 2.62. The Kier molecular flexibility index (Phi) is 6.08. The Hall–Kier alpha value is -2.44. The molecular weight excluding hydrogens is 370 g/mol. The van der Waals surface area contributed by atoms with Crippen LogP contribution >= 0.6 is 11.6 Å². The third-order valence-corrected chi connectivity index (χ3v) is 4.35. The lowest BCUT2D eigenvalue weighted by Crippen LogP contribution is -2.23. The van der Waals surface area contributed by atoms with Gasteiger partial charge in [-0.15, -0.1) is 0 Å². The number of nitrogens with zero attached hydrogens (tertiary/aromatic N) is 1. The highest BCUT2D eigenvalue weighted by molar-refractivity contribution is 6.32. The van der Waals surface area contributed by atoms with Gasteiger partial charge >= 0.3 is 0 Å². The average Bonchev–Trinajstić information content (AvgIpc) is 3.50. The fraction of sp³-hybridized carbons (Fsp3) is 0.350. The number of hydrogen-bond donors (Lipinski definition) is 0. The van der Waals surface area contributed by atoms with Crippen molar-refractivity contribution in [1.82, 2.24) is 4.90 Å². The molecule has 0 bridgehead atoms. The lowest BCUT2D eigenvalue weighted by atomic mass is 10.1. The second-order valence-electron chi connectivity index (χ2n) is 6.38. The molecule has 0 aliphatic carbocycles. The van der Waals surface area contributed by atoms with Gasteiger partial charge in [0.1, 0.15) is 36.6 Å². The largest absolute Gasteiger partial charge is 0.497 e. The zero-order valence-corrected chi connectivity index (χ0v) is 16.3. The van der Waals surface area contributed by atoms with Gasteiger partial charge in [-0.25, -0.2) is 0 Å². The number of carbonyl (C=O) groups excluding carboxylic acids is 1. The van der Waals surface area contributed by atoms with E-state index < -0.39 is 0 Å². The number of amides is 1. The first-order valence-corrected chi connectivity index (χ1v) is 8.91. The first-order chi connectivity index (χ1) is 13.0. The number of hydrogen-bond acceptors (Lipinski definition) is 5. The second-order valence-corrected chi connectivity index (χ2v) is 6.79. The molecule has 1 atom stereocenters. The van der Waals surface area contributed by atoms with Crippen LogP contribution in [0, 0.1) is 0 Å². The summed E-state index contributed by atoms with van der Waals surface area (Å²) < 4.78 is 21.9. The van der Waals surface area contributed by atoms with Crippen molar-refractivity contribution in [2.24, 2.45) is 0 Å². The Balaban J connectivity index is 1.78. The van der Waals surface area contributed by atoms with Gasteiger partial charge in [-0.05, 0) is 23.8 Å². The highest BCUT2D eigenvalue weighted by atomic mass is 35.5. The summed E-state index contributed by atoms with van der Waals surface area (Å²) in [5.41, 5.74) is 1.36. The molecule has 7 heteroatoms. The van der Waals surface area contributed by atoms with Crippen LogP contribution in [0.5, 0.6) is 17.2 Å². The van der Waals surface area contributed by atoms with Crippen LogP contribution in [-0.4, -0.2) is 51.3 Å². The van der Waals surface area contributed by atoms with Crippen LogP contribution in [0.15, 0.2) is 36.4 Å². The molecular formula is C20H22ClNO5. The Labute approximate surface area is 163 Å². The third-order valence-electron chi connectivity index (χ3n) is 4.05. The summed E-state index contributed by atoms with van der Waals surface area (Å²) in [6.45, 7) is 1.38. The number of halogens is 1. The van der Waals surface area contributed by atoms with Crippen molar-refractivity contribution in [2.45, 2.75) is 12.7 Å². The Bertz CT molecular complexity index is 803. The van der Waals surface area contributed by atoms with Crippen LogP contribution in [0.4, 0.5) is 0 Å². The van der Waals surface area contributed by atoms with Gasteiger partial charge in [0.05, 0.1) is 24.3 Å². The smallest absolute Gasteiger partial charge is 0.257 e. The molecule has 1 heterocycles. The minimum absolute atomic E-state index is 0.0756. The van der Waals surface area contributed by atoms with E-state index in [1.165, 1.54) is 4.90 Å². The summed E-state index contributed by atoms with van der Waals surface area (Å²) in [7, 11) is 4.98. The molecule has 0 saturated carbocycles. The van der Waals surface area contributed by atoms with Gasteiger partial charge in [-0.2, -0.15) is 0 Å². The molecule has 2 aromatic rings. The molecule has 3 rings (SSSR count). The van der Waals surface area contributed by atoms with E-state index in [-0.39, 0.29) is 12.0 Å². The predicted octanol–water partition coefficient (Wildman–Crippen LogP) is 3.41. The van der Waals surface area contributed by atoms with Crippen molar-refractivity contribution in [1.29, 1.82) is 0 Å².